The molecule has 3 saturated heterocycles. The van der Waals surface area contributed by atoms with Crippen LogP contribution in [0.1, 0.15) is 27.7 Å². The lowest BCUT2D eigenvalue weighted by Gasteiger charge is -2.36. The molecule has 3 fully saturated rings. The molecular formula is C12H20O6. The number of hydrogen-bond donors (Lipinski definition) is 1. The molecule has 1 N–H and O–H groups in total. The Balaban J connectivity index is 1.86. The summed E-state index contributed by atoms with van der Waals surface area (Å²) in [5, 5.41) is 9.40. The number of fused-ring (bicyclic) bond motifs is 3. The van der Waals surface area contributed by atoms with Crippen LogP contribution in [0.25, 0.3) is 0 Å². The first kappa shape index (κ1) is 12.8. The normalized spacial score (nSPS) is 48.8. The van der Waals surface area contributed by atoms with Crippen LogP contribution in [0.5, 0.6) is 0 Å². The third-order valence-corrected chi connectivity index (χ3v) is 3.43. The van der Waals surface area contributed by atoms with Crippen LogP contribution in [0.4, 0.5) is 0 Å². The van der Waals surface area contributed by atoms with Crippen molar-refractivity contribution in [2.45, 2.75) is 70.0 Å². The van der Waals surface area contributed by atoms with Gasteiger partial charge in [-0.1, -0.05) is 0 Å². The SMILES string of the molecule is CC1(C)OC2[C@@H](OC(CO)[C@@H]3OC(C)(C)O[C@H]23)O1. The smallest absolute Gasteiger partial charge is 0.190 e. The van der Waals surface area contributed by atoms with Crippen molar-refractivity contribution in [1.29, 1.82) is 0 Å². The van der Waals surface area contributed by atoms with Crippen LogP contribution in [-0.4, -0.2) is 54.0 Å². The van der Waals surface area contributed by atoms with Crippen molar-refractivity contribution in [2.24, 2.45) is 0 Å². The van der Waals surface area contributed by atoms with Crippen LogP contribution in [0.2, 0.25) is 0 Å². The maximum absolute atomic E-state index is 9.40. The van der Waals surface area contributed by atoms with Crippen LogP contribution in [0.15, 0.2) is 0 Å². The first-order valence-electron chi connectivity index (χ1n) is 6.29. The highest BCUT2D eigenvalue weighted by Crippen LogP contribution is 2.43. The van der Waals surface area contributed by atoms with E-state index in [9.17, 15) is 5.11 Å². The van der Waals surface area contributed by atoms with E-state index in [0.717, 1.165) is 0 Å². The van der Waals surface area contributed by atoms with E-state index in [4.69, 9.17) is 23.7 Å². The number of aliphatic hydroxyl groups is 1. The Morgan fingerprint density at radius 2 is 1.39 bits per heavy atom. The van der Waals surface area contributed by atoms with E-state index in [1.807, 2.05) is 27.7 Å². The van der Waals surface area contributed by atoms with Crippen LogP contribution < -0.4 is 0 Å². The fourth-order valence-electron chi connectivity index (χ4n) is 2.84. The van der Waals surface area contributed by atoms with Crippen molar-refractivity contribution in [3.8, 4) is 0 Å². The number of ether oxygens (including phenoxy) is 5. The van der Waals surface area contributed by atoms with Crippen LogP contribution in [0.3, 0.4) is 0 Å². The second-order valence-electron chi connectivity index (χ2n) is 5.89. The van der Waals surface area contributed by atoms with E-state index in [0.29, 0.717) is 0 Å². The Labute approximate surface area is 106 Å². The largest absolute Gasteiger partial charge is 0.394 e. The molecule has 0 aromatic carbocycles. The Kier molecular flexibility index (Phi) is 2.75. The minimum Gasteiger partial charge on any atom is -0.394 e. The van der Waals surface area contributed by atoms with Gasteiger partial charge in [-0.25, -0.2) is 0 Å². The topological polar surface area (TPSA) is 66.4 Å². The van der Waals surface area contributed by atoms with E-state index in [1.165, 1.54) is 0 Å². The van der Waals surface area contributed by atoms with E-state index in [2.05, 4.69) is 0 Å². The summed E-state index contributed by atoms with van der Waals surface area (Å²) in [6, 6.07) is 0. The Morgan fingerprint density at radius 3 is 2.06 bits per heavy atom. The van der Waals surface area contributed by atoms with Gasteiger partial charge in [0.05, 0.1) is 6.61 Å². The minimum atomic E-state index is -0.708. The van der Waals surface area contributed by atoms with Gasteiger partial charge in [-0.3, -0.25) is 0 Å². The molecule has 3 rings (SSSR count). The van der Waals surface area contributed by atoms with Crippen molar-refractivity contribution in [1.82, 2.24) is 0 Å². The first-order valence-corrected chi connectivity index (χ1v) is 6.29. The second-order valence-corrected chi connectivity index (χ2v) is 5.89. The zero-order valence-corrected chi connectivity index (χ0v) is 11.1. The van der Waals surface area contributed by atoms with Crippen molar-refractivity contribution in [3.05, 3.63) is 0 Å². The molecule has 0 aromatic heterocycles. The fourth-order valence-corrected chi connectivity index (χ4v) is 2.84. The maximum atomic E-state index is 9.40. The molecule has 0 aromatic rings. The highest BCUT2D eigenvalue weighted by Gasteiger charge is 2.60. The molecule has 0 amide bonds. The van der Waals surface area contributed by atoms with Crippen molar-refractivity contribution >= 4 is 0 Å². The monoisotopic (exact) mass is 260 g/mol. The van der Waals surface area contributed by atoms with Gasteiger partial charge in [0, 0.05) is 0 Å². The highest BCUT2D eigenvalue weighted by atomic mass is 16.9. The Morgan fingerprint density at radius 1 is 0.833 bits per heavy atom. The molecule has 0 spiro atoms. The number of rotatable bonds is 1. The van der Waals surface area contributed by atoms with Gasteiger partial charge >= 0.3 is 0 Å². The second kappa shape index (κ2) is 3.88. The third kappa shape index (κ3) is 1.97. The standard InChI is InChI=1S/C12H20O6/c1-11(2)15-7-6(5-13)14-10-9(8(7)16-11)17-12(3,4)18-10/h6-10,13H,5H2,1-4H3/t6?,7-,8-,9?,10-/m0/s1. The summed E-state index contributed by atoms with van der Waals surface area (Å²) in [5.41, 5.74) is 0. The molecule has 0 saturated carbocycles. The molecule has 18 heavy (non-hydrogen) atoms. The predicted molar refractivity (Wildman–Crippen MR) is 59.6 cm³/mol. The number of hydrogen-bond acceptors (Lipinski definition) is 6. The predicted octanol–water partition coefficient (Wildman–Crippen LogP) is 0.375. The molecule has 0 radical (unpaired) electrons. The number of aliphatic hydroxyl groups excluding tert-OH is 1. The Bertz CT molecular complexity index is 341. The van der Waals surface area contributed by atoms with Gasteiger partial charge in [-0.15, -0.1) is 0 Å². The molecule has 104 valence electrons. The average Bonchev–Trinajstić information content (AvgIpc) is 2.71. The summed E-state index contributed by atoms with van der Waals surface area (Å²) in [6.45, 7) is 7.22. The summed E-state index contributed by atoms with van der Waals surface area (Å²) in [4.78, 5) is 0. The van der Waals surface area contributed by atoms with Crippen LogP contribution in [0, 0.1) is 0 Å². The maximum Gasteiger partial charge on any atom is 0.190 e. The lowest BCUT2D eigenvalue weighted by atomic mass is 9.99. The summed E-state index contributed by atoms with van der Waals surface area (Å²) in [6.07, 6.45) is -1.90. The van der Waals surface area contributed by atoms with Gasteiger partial charge in [0.25, 0.3) is 0 Å². The van der Waals surface area contributed by atoms with Crippen molar-refractivity contribution in [2.75, 3.05) is 6.61 Å². The summed E-state index contributed by atoms with van der Waals surface area (Å²) in [7, 11) is 0. The zero-order chi connectivity index (χ0) is 13.1. The summed E-state index contributed by atoms with van der Waals surface area (Å²) >= 11 is 0. The van der Waals surface area contributed by atoms with Crippen molar-refractivity contribution in [3.63, 3.8) is 0 Å². The molecule has 2 unspecified atom stereocenters. The van der Waals surface area contributed by atoms with Gasteiger partial charge in [0.2, 0.25) is 0 Å². The third-order valence-electron chi connectivity index (χ3n) is 3.43. The fraction of sp³-hybridized carbons (Fsp3) is 1.00. The molecular weight excluding hydrogens is 240 g/mol. The van der Waals surface area contributed by atoms with Crippen molar-refractivity contribution < 1.29 is 28.8 Å². The quantitative estimate of drug-likeness (QED) is 0.735. The summed E-state index contributed by atoms with van der Waals surface area (Å²) in [5.74, 6) is -1.41. The molecule has 3 aliphatic heterocycles. The lowest BCUT2D eigenvalue weighted by molar-refractivity contribution is -0.240. The van der Waals surface area contributed by atoms with Gasteiger partial charge in [0.15, 0.2) is 17.9 Å². The van der Waals surface area contributed by atoms with Crippen LogP contribution >= 0.6 is 0 Å². The van der Waals surface area contributed by atoms with E-state index in [-0.39, 0.29) is 24.9 Å². The van der Waals surface area contributed by atoms with E-state index < -0.39 is 24.0 Å². The Hall–Kier alpha value is -0.240. The molecule has 0 aliphatic carbocycles. The van der Waals surface area contributed by atoms with E-state index in [1.54, 1.807) is 0 Å². The molecule has 6 heteroatoms. The molecule has 3 aliphatic rings. The van der Waals surface area contributed by atoms with E-state index >= 15 is 0 Å². The van der Waals surface area contributed by atoms with Gasteiger partial charge in [-0.2, -0.15) is 0 Å². The summed E-state index contributed by atoms with van der Waals surface area (Å²) < 4.78 is 28.9. The molecule has 3 heterocycles. The molecule has 6 nitrogen and oxygen atoms in total. The first-order chi connectivity index (χ1) is 8.31. The van der Waals surface area contributed by atoms with Gasteiger partial charge < -0.3 is 28.8 Å². The zero-order valence-electron chi connectivity index (χ0n) is 11.1. The highest BCUT2D eigenvalue weighted by molar-refractivity contribution is 4.99. The molecule has 5 atom stereocenters. The van der Waals surface area contributed by atoms with Crippen LogP contribution in [-0.2, 0) is 23.7 Å². The lowest BCUT2D eigenvalue weighted by Crippen LogP contribution is -2.56. The van der Waals surface area contributed by atoms with Gasteiger partial charge in [-0.05, 0) is 27.7 Å². The molecule has 0 bridgehead atoms. The van der Waals surface area contributed by atoms with Gasteiger partial charge in [0.1, 0.15) is 24.4 Å². The minimum absolute atomic E-state index is 0.131. The average molecular weight is 260 g/mol.